The summed E-state index contributed by atoms with van der Waals surface area (Å²) in [6.07, 6.45) is 1.73. The average Bonchev–Trinajstić information content (AvgIpc) is 2.30. The number of carbonyl (C=O) groups excluding carboxylic acids is 1. The Morgan fingerprint density at radius 3 is 2.46 bits per heavy atom. The number of aryl methyl sites for hydroxylation is 1. The van der Waals surface area contributed by atoms with E-state index in [1.807, 2.05) is 33.8 Å². The molecule has 1 N–H and O–H groups in total. The van der Waals surface area contributed by atoms with Crippen LogP contribution in [0.15, 0.2) is 12.3 Å². The summed E-state index contributed by atoms with van der Waals surface area (Å²) >= 11 is 0. The van der Waals surface area contributed by atoms with Crippen LogP contribution in [0.1, 0.15) is 36.8 Å². The first-order valence-electron chi connectivity index (χ1n) is 4.27. The van der Waals surface area contributed by atoms with Gasteiger partial charge in [0.2, 0.25) is 0 Å². The van der Waals surface area contributed by atoms with Crippen molar-refractivity contribution in [3.63, 3.8) is 0 Å². The minimum Gasteiger partial charge on any atom is -0.455 e. The second-order valence-corrected chi connectivity index (χ2v) is 4.04. The van der Waals surface area contributed by atoms with E-state index in [0.29, 0.717) is 5.69 Å². The highest BCUT2D eigenvalue weighted by Crippen LogP contribution is 2.13. The highest BCUT2D eigenvalue weighted by Gasteiger charge is 2.19. The SMILES string of the molecule is Cc1cc[nH]c1C(=O)OC(C)(C)C. The molecule has 1 rings (SSSR count). The molecule has 0 unspecified atom stereocenters. The van der Waals surface area contributed by atoms with Crippen LogP contribution in [0, 0.1) is 6.92 Å². The minimum atomic E-state index is -0.436. The van der Waals surface area contributed by atoms with Gasteiger partial charge >= 0.3 is 5.97 Å². The van der Waals surface area contributed by atoms with Crippen molar-refractivity contribution < 1.29 is 9.53 Å². The Balaban J connectivity index is 2.76. The van der Waals surface area contributed by atoms with E-state index in [4.69, 9.17) is 4.74 Å². The maximum atomic E-state index is 11.5. The molecule has 0 spiro atoms. The Hall–Kier alpha value is -1.25. The van der Waals surface area contributed by atoms with Gasteiger partial charge in [0.1, 0.15) is 11.3 Å². The molecule has 1 aromatic rings. The summed E-state index contributed by atoms with van der Waals surface area (Å²) in [5.74, 6) is -0.296. The van der Waals surface area contributed by atoms with Gasteiger partial charge in [-0.15, -0.1) is 0 Å². The quantitative estimate of drug-likeness (QED) is 0.675. The molecule has 0 bridgehead atoms. The van der Waals surface area contributed by atoms with Crippen molar-refractivity contribution in [2.75, 3.05) is 0 Å². The molecule has 0 aliphatic heterocycles. The lowest BCUT2D eigenvalue weighted by molar-refractivity contribution is 0.00628. The molecule has 0 amide bonds. The second-order valence-electron chi connectivity index (χ2n) is 4.04. The Bertz CT molecular complexity index is 307. The smallest absolute Gasteiger partial charge is 0.355 e. The molecule has 0 saturated carbocycles. The van der Waals surface area contributed by atoms with Crippen LogP contribution in [0.2, 0.25) is 0 Å². The van der Waals surface area contributed by atoms with Gasteiger partial charge in [-0.05, 0) is 39.3 Å². The summed E-state index contributed by atoms with van der Waals surface area (Å²) in [4.78, 5) is 14.3. The van der Waals surface area contributed by atoms with E-state index < -0.39 is 5.60 Å². The number of esters is 1. The van der Waals surface area contributed by atoms with Crippen LogP contribution in [0.3, 0.4) is 0 Å². The van der Waals surface area contributed by atoms with Crippen LogP contribution >= 0.6 is 0 Å². The monoisotopic (exact) mass is 181 g/mol. The average molecular weight is 181 g/mol. The Kier molecular flexibility index (Phi) is 2.45. The van der Waals surface area contributed by atoms with E-state index in [1.165, 1.54) is 0 Å². The fourth-order valence-electron chi connectivity index (χ4n) is 0.996. The minimum absolute atomic E-state index is 0.296. The fourth-order valence-corrected chi connectivity index (χ4v) is 0.996. The molecule has 0 aliphatic rings. The molecule has 72 valence electrons. The van der Waals surface area contributed by atoms with E-state index >= 15 is 0 Å². The number of nitrogens with one attached hydrogen (secondary N) is 1. The van der Waals surface area contributed by atoms with Gasteiger partial charge in [0.05, 0.1) is 0 Å². The van der Waals surface area contributed by atoms with Crippen LogP contribution in [0.5, 0.6) is 0 Å². The molecule has 0 radical (unpaired) electrons. The lowest BCUT2D eigenvalue weighted by Crippen LogP contribution is -2.24. The van der Waals surface area contributed by atoms with Gasteiger partial charge in [-0.3, -0.25) is 0 Å². The van der Waals surface area contributed by atoms with Crippen molar-refractivity contribution in [1.82, 2.24) is 4.98 Å². The molecule has 13 heavy (non-hydrogen) atoms. The van der Waals surface area contributed by atoms with Gasteiger partial charge in [-0.2, -0.15) is 0 Å². The first-order valence-corrected chi connectivity index (χ1v) is 4.27. The third-order valence-corrected chi connectivity index (χ3v) is 1.56. The molecule has 3 nitrogen and oxygen atoms in total. The molecule has 1 heterocycles. The number of rotatable bonds is 1. The number of hydrogen-bond acceptors (Lipinski definition) is 2. The highest BCUT2D eigenvalue weighted by atomic mass is 16.6. The fraction of sp³-hybridized carbons (Fsp3) is 0.500. The zero-order valence-electron chi connectivity index (χ0n) is 8.47. The summed E-state index contributed by atoms with van der Waals surface area (Å²) < 4.78 is 5.19. The first-order chi connectivity index (χ1) is 5.90. The standard InChI is InChI=1S/C10H15NO2/c1-7-5-6-11-8(7)9(12)13-10(2,3)4/h5-6,11H,1-4H3. The Morgan fingerprint density at radius 2 is 2.08 bits per heavy atom. The molecule has 0 saturated heterocycles. The highest BCUT2D eigenvalue weighted by molar-refractivity contribution is 5.89. The first kappa shape index (κ1) is 9.84. The van der Waals surface area contributed by atoms with Crippen molar-refractivity contribution in [3.05, 3.63) is 23.5 Å². The second kappa shape index (κ2) is 3.24. The summed E-state index contributed by atoms with van der Waals surface area (Å²) in [6.45, 7) is 7.42. The zero-order valence-corrected chi connectivity index (χ0v) is 8.47. The lowest BCUT2D eigenvalue weighted by Gasteiger charge is -2.19. The molecular weight excluding hydrogens is 166 g/mol. The topological polar surface area (TPSA) is 42.1 Å². The zero-order chi connectivity index (χ0) is 10.1. The van der Waals surface area contributed by atoms with Gasteiger partial charge in [0.25, 0.3) is 0 Å². The number of ether oxygens (including phenoxy) is 1. The molecule has 0 fully saturated rings. The number of carbonyl (C=O) groups is 1. The van der Waals surface area contributed by atoms with Gasteiger partial charge in [-0.1, -0.05) is 0 Å². The Morgan fingerprint density at radius 1 is 1.46 bits per heavy atom. The van der Waals surface area contributed by atoms with E-state index in [-0.39, 0.29) is 5.97 Å². The summed E-state index contributed by atoms with van der Waals surface area (Å²) in [6, 6.07) is 1.85. The maximum Gasteiger partial charge on any atom is 0.355 e. The van der Waals surface area contributed by atoms with Crippen molar-refractivity contribution in [2.45, 2.75) is 33.3 Å². The Labute approximate surface area is 78.1 Å². The number of hydrogen-bond donors (Lipinski definition) is 1. The molecule has 0 aliphatic carbocycles. The third-order valence-electron chi connectivity index (χ3n) is 1.56. The van der Waals surface area contributed by atoms with E-state index in [2.05, 4.69) is 4.98 Å². The molecule has 0 atom stereocenters. The molecule has 0 aromatic carbocycles. The van der Waals surface area contributed by atoms with E-state index in [9.17, 15) is 4.79 Å². The predicted octanol–water partition coefficient (Wildman–Crippen LogP) is 2.28. The van der Waals surface area contributed by atoms with Gasteiger partial charge in [0, 0.05) is 6.20 Å². The number of H-pyrrole nitrogens is 1. The normalized spacial score (nSPS) is 11.4. The summed E-state index contributed by atoms with van der Waals surface area (Å²) in [5.41, 5.74) is 1.01. The molecule has 3 heteroatoms. The van der Waals surface area contributed by atoms with Crippen LogP contribution in [0.25, 0.3) is 0 Å². The van der Waals surface area contributed by atoms with Crippen LogP contribution < -0.4 is 0 Å². The van der Waals surface area contributed by atoms with Crippen LogP contribution in [-0.2, 0) is 4.74 Å². The lowest BCUT2D eigenvalue weighted by atomic mass is 10.2. The van der Waals surface area contributed by atoms with Crippen molar-refractivity contribution in [3.8, 4) is 0 Å². The maximum absolute atomic E-state index is 11.5. The largest absolute Gasteiger partial charge is 0.455 e. The van der Waals surface area contributed by atoms with Gasteiger partial charge in [-0.25, -0.2) is 4.79 Å². The molecule has 1 aromatic heterocycles. The molecular formula is C10H15NO2. The number of aromatic amines is 1. The number of aromatic nitrogens is 1. The van der Waals surface area contributed by atoms with E-state index in [0.717, 1.165) is 5.56 Å². The van der Waals surface area contributed by atoms with Crippen LogP contribution in [-0.4, -0.2) is 16.6 Å². The summed E-state index contributed by atoms with van der Waals surface area (Å²) in [5, 5.41) is 0. The van der Waals surface area contributed by atoms with Crippen molar-refractivity contribution in [2.24, 2.45) is 0 Å². The summed E-state index contributed by atoms with van der Waals surface area (Å²) in [7, 11) is 0. The van der Waals surface area contributed by atoms with E-state index in [1.54, 1.807) is 6.20 Å². The van der Waals surface area contributed by atoms with Crippen molar-refractivity contribution >= 4 is 5.97 Å². The van der Waals surface area contributed by atoms with Crippen molar-refractivity contribution in [1.29, 1.82) is 0 Å². The van der Waals surface area contributed by atoms with Gasteiger partial charge < -0.3 is 9.72 Å². The van der Waals surface area contributed by atoms with Crippen LogP contribution in [0.4, 0.5) is 0 Å². The van der Waals surface area contributed by atoms with Gasteiger partial charge in [0.15, 0.2) is 0 Å². The third kappa shape index (κ3) is 2.61. The predicted molar refractivity (Wildman–Crippen MR) is 50.7 cm³/mol.